The highest BCUT2D eigenvalue weighted by Crippen LogP contribution is 2.39. The molecule has 5 nitrogen and oxygen atoms in total. The van der Waals surface area contributed by atoms with Gasteiger partial charge >= 0.3 is 0 Å². The molecule has 0 fully saturated rings. The number of hydrogen-bond donors (Lipinski definition) is 1. The Bertz CT molecular complexity index is 797. The second kappa shape index (κ2) is 6.12. The predicted octanol–water partition coefficient (Wildman–Crippen LogP) is 3.87. The van der Waals surface area contributed by atoms with Gasteiger partial charge in [0, 0.05) is 10.9 Å². The van der Waals surface area contributed by atoms with Crippen LogP contribution in [0.5, 0.6) is 23.0 Å². The lowest BCUT2D eigenvalue weighted by molar-refractivity contribution is 0.404. The lowest BCUT2D eigenvalue weighted by atomic mass is 10.1. The fourth-order valence-corrected chi connectivity index (χ4v) is 2.69. The average molecular weight is 313 g/mol. The molecule has 5 heteroatoms. The van der Waals surface area contributed by atoms with Crippen molar-refractivity contribution in [1.82, 2.24) is 4.98 Å². The Morgan fingerprint density at radius 3 is 2.00 bits per heavy atom. The molecule has 120 valence electrons. The fraction of sp³-hybridized carbons (Fsp3) is 0.222. The van der Waals surface area contributed by atoms with Crippen LogP contribution in [0, 0.1) is 0 Å². The number of nitrogens with one attached hydrogen (secondary N) is 1. The van der Waals surface area contributed by atoms with Gasteiger partial charge < -0.3 is 23.9 Å². The van der Waals surface area contributed by atoms with Gasteiger partial charge in [0.2, 0.25) is 0 Å². The summed E-state index contributed by atoms with van der Waals surface area (Å²) in [6.07, 6.45) is 0. The number of methoxy groups -OCH3 is 4. The van der Waals surface area contributed by atoms with Gasteiger partial charge in [-0.25, -0.2) is 0 Å². The number of hydrogen-bond acceptors (Lipinski definition) is 4. The monoisotopic (exact) mass is 313 g/mol. The minimum absolute atomic E-state index is 0.758. The molecule has 3 rings (SSSR count). The maximum absolute atomic E-state index is 5.47. The van der Waals surface area contributed by atoms with Crippen molar-refractivity contribution in [3.63, 3.8) is 0 Å². The topological polar surface area (TPSA) is 52.7 Å². The van der Waals surface area contributed by atoms with Gasteiger partial charge in [-0.2, -0.15) is 0 Å². The lowest BCUT2D eigenvalue weighted by Gasteiger charge is -2.09. The van der Waals surface area contributed by atoms with Gasteiger partial charge in [-0.3, -0.25) is 0 Å². The van der Waals surface area contributed by atoms with E-state index in [4.69, 9.17) is 18.9 Å². The van der Waals surface area contributed by atoms with E-state index in [1.807, 2.05) is 36.4 Å². The van der Waals surface area contributed by atoms with Crippen LogP contribution in [-0.2, 0) is 0 Å². The van der Waals surface area contributed by atoms with E-state index in [9.17, 15) is 0 Å². The number of ether oxygens (including phenoxy) is 4. The zero-order chi connectivity index (χ0) is 16.4. The maximum atomic E-state index is 5.47. The molecule has 0 aliphatic carbocycles. The molecular formula is C18H19NO4. The van der Waals surface area contributed by atoms with Gasteiger partial charge in [-0.1, -0.05) is 0 Å². The van der Waals surface area contributed by atoms with Crippen LogP contribution in [0.15, 0.2) is 36.4 Å². The Morgan fingerprint density at radius 1 is 0.696 bits per heavy atom. The van der Waals surface area contributed by atoms with Gasteiger partial charge in [0.15, 0.2) is 0 Å². The Kier molecular flexibility index (Phi) is 4.02. The summed E-state index contributed by atoms with van der Waals surface area (Å²) in [7, 11) is 6.59. The van der Waals surface area contributed by atoms with Crippen molar-refractivity contribution in [3.05, 3.63) is 36.4 Å². The third kappa shape index (κ3) is 2.54. The molecule has 2 aromatic carbocycles. The highest BCUT2D eigenvalue weighted by molar-refractivity contribution is 5.95. The van der Waals surface area contributed by atoms with Crippen LogP contribution in [-0.4, -0.2) is 33.4 Å². The molecule has 0 spiro atoms. The van der Waals surface area contributed by atoms with Crippen LogP contribution < -0.4 is 18.9 Å². The molecule has 0 aliphatic heterocycles. The van der Waals surface area contributed by atoms with Gasteiger partial charge in [0.05, 0.1) is 39.6 Å². The first-order chi connectivity index (χ1) is 11.2. The third-order valence-electron chi connectivity index (χ3n) is 3.85. The molecular weight excluding hydrogens is 294 g/mol. The van der Waals surface area contributed by atoms with E-state index in [1.165, 1.54) is 0 Å². The molecule has 0 unspecified atom stereocenters. The van der Waals surface area contributed by atoms with Crippen LogP contribution >= 0.6 is 0 Å². The van der Waals surface area contributed by atoms with E-state index >= 15 is 0 Å². The number of H-pyrrole nitrogens is 1. The Balaban J connectivity index is 2.25. The number of aromatic amines is 1. The molecule has 0 saturated heterocycles. The van der Waals surface area contributed by atoms with Crippen LogP contribution in [0.25, 0.3) is 22.2 Å². The van der Waals surface area contributed by atoms with E-state index in [0.717, 1.165) is 45.2 Å². The van der Waals surface area contributed by atoms with Gasteiger partial charge in [0.1, 0.15) is 23.0 Å². The first kappa shape index (κ1) is 15.1. The summed E-state index contributed by atoms with van der Waals surface area (Å²) < 4.78 is 21.7. The SMILES string of the molecule is COc1ccc(OC)c(-c2cc3c(OC)ccc(OC)c3[nH]2)c1. The van der Waals surface area contributed by atoms with Crippen molar-refractivity contribution in [3.8, 4) is 34.3 Å². The molecule has 23 heavy (non-hydrogen) atoms. The summed E-state index contributed by atoms with van der Waals surface area (Å²) in [5.74, 6) is 3.06. The van der Waals surface area contributed by atoms with Crippen LogP contribution in [0.4, 0.5) is 0 Å². The summed E-state index contributed by atoms with van der Waals surface area (Å²) >= 11 is 0. The summed E-state index contributed by atoms with van der Waals surface area (Å²) in [6.45, 7) is 0. The Labute approximate surface area is 134 Å². The standard InChI is InChI=1S/C18H19NO4/c1-20-11-5-6-15(21-2)12(9-11)14-10-13-16(22-3)7-8-17(23-4)18(13)19-14/h5-10,19H,1-4H3. The van der Waals surface area contributed by atoms with Crippen molar-refractivity contribution in [2.75, 3.05) is 28.4 Å². The van der Waals surface area contributed by atoms with E-state index < -0.39 is 0 Å². The quantitative estimate of drug-likeness (QED) is 0.777. The first-order valence-corrected chi connectivity index (χ1v) is 7.18. The van der Waals surface area contributed by atoms with Crippen molar-refractivity contribution >= 4 is 10.9 Å². The molecule has 1 heterocycles. The summed E-state index contributed by atoms with van der Waals surface area (Å²) in [4.78, 5) is 3.39. The molecule has 0 radical (unpaired) electrons. The third-order valence-corrected chi connectivity index (χ3v) is 3.85. The predicted molar refractivity (Wildman–Crippen MR) is 89.9 cm³/mol. The summed E-state index contributed by atoms with van der Waals surface area (Å²) in [6, 6.07) is 11.5. The second-order valence-corrected chi connectivity index (χ2v) is 5.01. The molecule has 0 bridgehead atoms. The molecule has 0 saturated carbocycles. The van der Waals surface area contributed by atoms with E-state index in [1.54, 1.807) is 28.4 Å². The zero-order valence-corrected chi connectivity index (χ0v) is 13.6. The largest absolute Gasteiger partial charge is 0.497 e. The number of benzene rings is 2. The molecule has 1 N–H and O–H groups in total. The molecule has 0 amide bonds. The maximum Gasteiger partial charge on any atom is 0.143 e. The number of rotatable bonds is 5. The first-order valence-electron chi connectivity index (χ1n) is 7.18. The number of aromatic nitrogens is 1. The highest BCUT2D eigenvalue weighted by atomic mass is 16.5. The molecule has 1 aromatic heterocycles. The van der Waals surface area contributed by atoms with E-state index in [2.05, 4.69) is 4.98 Å². The van der Waals surface area contributed by atoms with E-state index in [-0.39, 0.29) is 0 Å². The van der Waals surface area contributed by atoms with Crippen LogP contribution in [0.3, 0.4) is 0 Å². The Morgan fingerprint density at radius 2 is 1.35 bits per heavy atom. The Hall–Kier alpha value is -2.82. The average Bonchev–Trinajstić information content (AvgIpc) is 3.05. The normalized spacial score (nSPS) is 10.6. The van der Waals surface area contributed by atoms with Gasteiger partial charge in [-0.05, 0) is 36.4 Å². The van der Waals surface area contributed by atoms with Crippen molar-refractivity contribution in [2.24, 2.45) is 0 Å². The van der Waals surface area contributed by atoms with Gasteiger partial charge in [0.25, 0.3) is 0 Å². The number of fused-ring (bicyclic) bond motifs is 1. The minimum Gasteiger partial charge on any atom is -0.497 e. The van der Waals surface area contributed by atoms with Crippen molar-refractivity contribution in [2.45, 2.75) is 0 Å². The second-order valence-electron chi connectivity index (χ2n) is 5.01. The zero-order valence-electron chi connectivity index (χ0n) is 13.6. The molecule has 0 atom stereocenters. The summed E-state index contributed by atoms with van der Waals surface area (Å²) in [5.41, 5.74) is 2.69. The van der Waals surface area contributed by atoms with Gasteiger partial charge in [-0.15, -0.1) is 0 Å². The van der Waals surface area contributed by atoms with Crippen LogP contribution in [0.1, 0.15) is 0 Å². The smallest absolute Gasteiger partial charge is 0.143 e. The molecule has 0 aliphatic rings. The van der Waals surface area contributed by atoms with Crippen molar-refractivity contribution in [1.29, 1.82) is 0 Å². The summed E-state index contributed by atoms with van der Waals surface area (Å²) in [5, 5.41) is 0.951. The lowest BCUT2D eigenvalue weighted by Crippen LogP contribution is -1.90. The van der Waals surface area contributed by atoms with Crippen molar-refractivity contribution < 1.29 is 18.9 Å². The fourth-order valence-electron chi connectivity index (χ4n) is 2.69. The minimum atomic E-state index is 0.758. The highest BCUT2D eigenvalue weighted by Gasteiger charge is 2.15. The molecule has 3 aromatic rings. The van der Waals surface area contributed by atoms with E-state index in [0.29, 0.717) is 0 Å². The van der Waals surface area contributed by atoms with Crippen LogP contribution in [0.2, 0.25) is 0 Å².